The van der Waals surface area contributed by atoms with Gasteiger partial charge in [0, 0.05) is 6.04 Å². The second-order valence-corrected chi connectivity index (χ2v) is 4.38. The Morgan fingerprint density at radius 3 is 2.71 bits per heavy atom. The zero-order valence-corrected chi connectivity index (χ0v) is 10.9. The van der Waals surface area contributed by atoms with Gasteiger partial charge >= 0.3 is 0 Å². The lowest BCUT2D eigenvalue weighted by molar-refractivity contribution is 0.263. The van der Waals surface area contributed by atoms with Crippen LogP contribution in [0.2, 0.25) is 0 Å². The van der Waals surface area contributed by atoms with Crippen LogP contribution in [-0.4, -0.2) is 11.7 Å². The Morgan fingerprint density at radius 2 is 2.18 bits per heavy atom. The fraction of sp³-hybridized carbons (Fsp3) is 0.538. The molecule has 2 rings (SSSR count). The number of aromatic hydroxyl groups is 1. The summed E-state index contributed by atoms with van der Waals surface area (Å²) in [6.45, 7) is 2.45. The number of ether oxygens (including phenoxy) is 1. The molecule has 0 amide bonds. The van der Waals surface area contributed by atoms with Crippen LogP contribution in [0.3, 0.4) is 0 Å². The van der Waals surface area contributed by atoms with Crippen molar-refractivity contribution in [2.24, 2.45) is 11.7 Å². The predicted molar refractivity (Wildman–Crippen MR) is 70.8 cm³/mol. The molecule has 0 saturated heterocycles. The highest BCUT2D eigenvalue weighted by atomic mass is 35.5. The van der Waals surface area contributed by atoms with Crippen molar-refractivity contribution < 1.29 is 9.84 Å². The quantitative estimate of drug-likeness (QED) is 0.872. The number of benzene rings is 1. The van der Waals surface area contributed by atoms with Crippen molar-refractivity contribution in [1.29, 1.82) is 0 Å². The van der Waals surface area contributed by atoms with Crippen LogP contribution in [0.25, 0.3) is 0 Å². The molecule has 4 heteroatoms. The monoisotopic (exact) mass is 257 g/mol. The minimum Gasteiger partial charge on any atom is -0.504 e. The van der Waals surface area contributed by atoms with Crippen LogP contribution in [-0.2, 0) is 0 Å². The summed E-state index contributed by atoms with van der Waals surface area (Å²) in [6.07, 6.45) is 3.72. The first-order valence-corrected chi connectivity index (χ1v) is 5.93. The van der Waals surface area contributed by atoms with E-state index in [1.54, 1.807) is 6.07 Å². The number of nitrogens with two attached hydrogens (primary N) is 1. The molecule has 1 aliphatic carbocycles. The smallest absolute Gasteiger partial charge is 0.161 e. The molecule has 17 heavy (non-hydrogen) atoms. The first-order valence-electron chi connectivity index (χ1n) is 5.93. The van der Waals surface area contributed by atoms with Gasteiger partial charge in [0.1, 0.15) is 0 Å². The molecule has 0 heterocycles. The molecule has 96 valence electrons. The number of halogens is 1. The highest BCUT2D eigenvalue weighted by Crippen LogP contribution is 2.38. The Morgan fingerprint density at radius 1 is 1.47 bits per heavy atom. The average Bonchev–Trinajstić information content (AvgIpc) is 2.19. The molecule has 1 fully saturated rings. The van der Waals surface area contributed by atoms with Crippen LogP contribution < -0.4 is 10.5 Å². The fourth-order valence-electron chi connectivity index (χ4n) is 2.08. The molecule has 1 atom stereocenters. The van der Waals surface area contributed by atoms with Gasteiger partial charge in [0.15, 0.2) is 11.5 Å². The first-order chi connectivity index (χ1) is 7.72. The largest absolute Gasteiger partial charge is 0.504 e. The summed E-state index contributed by atoms with van der Waals surface area (Å²) in [5.74, 6) is 1.32. The number of phenolic OH excluding ortho intramolecular Hbond substituents is 1. The van der Waals surface area contributed by atoms with Crippen LogP contribution in [0.5, 0.6) is 11.5 Å². The maximum absolute atomic E-state index is 9.59. The van der Waals surface area contributed by atoms with Gasteiger partial charge in [-0.2, -0.15) is 0 Å². The van der Waals surface area contributed by atoms with Crippen molar-refractivity contribution in [3.8, 4) is 11.5 Å². The average molecular weight is 258 g/mol. The molecule has 1 aromatic rings. The third-order valence-electron chi connectivity index (χ3n) is 3.33. The van der Waals surface area contributed by atoms with Gasteiger partial charge in [-0.05, 0) is 43.4 Å². The molecule has 3 nitrogen and oxygen atoms in total. The molecular weight excluding hydrogens is 238 g/mol. The third-order valence-corrected chi connectivity index (χ3v) is 3.33. The van der Waals surface area contributed by atoms with E-state index in [-0.39, 0.29) is 24.2 Å². The van der Waals surface area contributed by atoms with Gasteiger partial charge in [-0.15, -0.1) is 12.4 Å². The normalized spacial score (nSPS) is 16.8. The van der Waals surface area contributed by atoms with Gasteiger partial charge in [0.05, 0.1) is 6.61 Å². The third kappa shape index (κ3) is 3.05. The van der Waals surface area contributed by atoms with E-state index < -0.39 is 0 Å². The molecule has 1 saturated carbocycles. The van der Waals surface area contributed by atoms with E-state index in [0.717, 1.165) is 5.56 Å². The van der Waals surface area contributed by atoms with Crippen LogP contribution in [0.1, 0.15) is 37.8 Å². The van der Waals surface area contributed by atoms with E-state index in [4.69, 9.17) is 10.5 Å². The molecule has 0 spiro atoms. The summed E-state index contributed by atoms with van der Waals surface area (Å²) in [5.41, 5.74) is 7.24. The lowest BCUT2D eigenvalue weighted by atomic mass is 9.77. The SMILES string of the molecule is CCOc1cc([C@@H](N)C2CCC2)ccc1O.Cl. The summed E-state index contributed by atoms with van der Waals surface area (Å²) in [5, 5.41) is 9.59. The highest BCUT2D eigenvalue weighted by molar-refractivity contribution is 5.85. The Labute approximate surface area is 108 Å². The maximum atomic E-state index is 9.59. The molecule has 3 N–H and O–H groups in total. The fourth-order valence-corrected chi connectivity index (χ4v) is 2.08. The van der Waals surface area contributed by atoms with Crippen LogP contribution in [0, 0.1) is 5.92 Å². The standard InChI is InChI=1S/C13H19NO2.ClH/c1-2-16-12-8-10(6-7-11(12)15)13(14)9-4-3-5-9;/h6-9,13,15H,2-5,14H2,1H3;1H/t13-;/m0./s1. The first kappa shape index (κ1) is 14.1. The Hall–Kier alpha value is -0.930. The van der Waals surface area contributed by atoms with E-state index >= 15 is 0 Å². The molecule has 0 radical (unpaired) electrons. The lowest BCUT2D eigenvalue weighted by Gasteiger charge is -2.31. The Bertz CT molecular complexity index is 366. The number of hydrogen-bond acceptors (Lipinski definition) is 3. The van der Waals surface area contributed by atoms with Crippen LogP contribution >= 0.6 is 12.4 Å². The summed E-state index contributed by atoms with van der Waals surface area (Å²) in [7, 11) is 0. The molecule has 0 aliphatic heterocycles. The molecule has 1 aromatic carbocycles. The van der Waals surface area contributed by atoms with Crippen molar-refractivity contribution >= 4 is 12.4 Å². The highest BCUT2D eigenvalue weighted by Gasteiger charge is 2.25. The number of hydrogen-bond donors (Lipinski definition) is 2. The van der Waals surface area contributed by atoms with Crippen molar-refractivity contribution in [1.82, 2.24) is 0 Å². The lowest BCUT2D eigenvalue weighted by Crippen LogP contribution is -2.26. The maximum Gasteiger partial charge on any atom is 0.161 e. The van der Waals surface area contributed by atoms with E-state index in [0.29, 0.717) is 18.3 Å². The second-order valence-electron chi connectivity index (χ2n) is 4.38. The summed E-state index contributed by atoms with van der Waals surface area (Å²) in [4.78, 5) is 0. The topological polar surface area (TPSA) is 55.5 Å². The van der Waals surface area contributed by atoms with Crippen LogP contribution in [0.15, 0.2) is 18.2 Å². The summed E-state index contributed by atoms with van der Waals surface area (Å²) in [6, 6.07) is 5.50. The Balaban J connectivity index is 0.00000144. The van der Waals surface area contributed by atoms with Gasteiger partial charge < -0.3 is 15.6 Å². The Kier molecular flexibility index (Phi) is 5.09. The van der Waals surface area contributed by atoms with Gasteiger partial charge in [-0.3, -0.25) is 0 Å². The minimum absolute atomic E-state index is 0. The number of rotatable bonds is 4. The van der Waals surface area contributed by atoms with E-state index in [9.17, 15) is 5.11 Å². The number of phenols is 1. The van der Waals surface area contributed by atoms with Crippen molar-refractivity contribution in [2.75, 3.05) is 6.61 Å². The van der Waals surface area contributed by atoms with Crippen molar-refractivity contribution in [3.05, 3.63) is 23.8 Å². The van der Waals surface area contributed by atoms with E-state index in [1.165, 1.54) is 19.3 Å². The molecule has 0 unspecified atom stereocenters. The summed E-state index contributed by atoms with van der Waals surface area (Å²) < 4.78 is 5.35. The zero-order chi connectivity index (χ0) is 11.5. The van der Waals surface area contributed by atoms with Crippen LogP contribution in [0.4, 0.5) is 0 Å². The molecule has 1 aliphatic rings. The van der Waals surface area contributed by atoms with E-state index in [1.807, 2.05) is 19.1 Å². The van der Waals surface area contributed by atoms with Crippen molar-refractivity contribution in [3.63, 3.8) is 0 Å². The van der Waals surface area contributed by atoms with Crippen molar-refractivity contribution in [2.45, 2.75) is 32.2 Å². The van der Waals surface area contributed by atoms with Gasteiger partial charge in [-0.1, -0.05) is 12.5 Å². The second kappa shape index (κ2) is 6.12. The summed E-state index contributed by atoms with van der Waals surface area (Å²) >= 11 is 0. The minimum atomic E-state index is 0. The molecule has 0 aromatic heterocycles. The van der Waals surface area contributed by atoms with Gasteiger partial charge in [0.25, 0.3) is 0 Å². The van der Waals surface area contributed by atoms with E-state index in [2.05, 4.69) is 0 Å². The molecule has 0 bridgehead atoms. The predicted octanol–water partition coefficient (Wildman–Crippen LogP) is 3.01. The van der Waals surface area contributed by atoms with Gasteiger partial charge in [0.2, 0.25) is 0 Å². The molecular formula is C13H20ClNO2. The zero-order valence-electron chi connectivity index (χ0n) is 10.1. The van der Waals surface area contributed by atoms with Gasteiger partial charge in [-0.25, -0.2) is 0 Å².